The minimum absolute atomic E-state index is 0.112. The van der Waals surface area contributed by atoms with E-state index in [9.17, 15) is 9.59 Å². The molecule has 0 aliphatic rings. The van der Waals surface area contributed by atoms with Crippen LogP contribution >= 0.6 is 0 Å². The van der Waals surface area contributed by atoms with Crippen LogP contribution in [-0.2, 0) is 24.8 Å². The van der Waals surface area contributed by atoms with Gasteiger partial charge in [0.25, 0.3) is 5.56 Å². The maximum absolute atomic E-state index is 12.1. The summed E-state index contributed by atoms with van der Waals surface area (Å²) >= 11 is 0. The van der Waals surface area contributed by atoms with E-state index in [2.05, 4.69) is 15.4 Å². The molecule has 0 aliphatic heterocycles. The van der Waals surface area contributed by atoms with Crippen LogP contribution in [0.2, 0.25) is 0 Å². The van der Waals surface area contributed by atoms with Gasteiger partial charge < -0.3 is 10.3 Å². The Labute approximate surface area is 129 Å². The first-order chi connectivity index (χ1) is 10.3. The fourth-order valence-electron chi connectivity index (χ4n) is 2.58. The molecule has 0 aromatic carbocycles. The molecule has 2 N–H and O–H groups in total. The van der Waals surface area contributed by atoms with Gasteiger partial charge >= 0.3 is 0 Å². The molecule has 0 saturated carbocycles. The number of nitrogens with zero attached hydrogens (tertiary/aromatic N) is 2. The maximum Gasteiger partial charge on any atom is 0.253 e. The fourth-order valence-corrected chi connectivity index (χ4v) is 2.58. The van der Waals surface area contributed by atoms with Gasteiger partial charge in [-0.3, -0.25) is 14.3 Å². The van der Waals surface area contributed by atoms with Crippen molar-refractivity contribution in [2.45, 2.75) is 40.7 Å². The van der Waals surface area contributed by atoms with Gasteiger partial charge in [-0.05, 0) is 39.3 Å². The second kappa shape index (κ2) is 6.17. The topological polar surface area (TPSA) is 79.8 Å². The zero-order valence-electron chi connectivity index (χ0n) is 13.7. The molecule has 0 spiro atoms. The van der Waals surface area contributed by atoms with Gasteiger partial charge in [-0.15, -0.1) is 0 Å². The molecule has 6 nitrogen and oxygen atoms in total. The third-order valence-corrected chi connectivity index (χ3v) is 3.95. The molecule has 2 aromatic heterocycles. The number of H-pyrrole nitrogens is 1. The van der Waals surface area contributed by atoms with E-state index >= 15 is 0 Å². The van der Waals surface area contributed by atoms with Crippen molar-refractivity contribution in [2.75, 3.05) is 0 Å². The third-order valence-electron chi connectivity index (χ3n) is 3.95. The average molecular weight is 302 g/mol. The number of aromatic nitrogens is 3. The summed E-state index contributed by atoms with van der Waals surface area (Å²) < 4.78 is 1.77. The first-order valence-corrected chi connectivity index (χ1v) is 7.24. The second-order valence-electron chi connectivity index (χ2n) is 5.67. The molecule has 6 heteroatoms. The van der Waals surface area contributed by atoms with Crippen molar-refractivity contribution in [1.82, 2.24) is 20.1 Å². The van der Waals surface area contributed by atoms with Crippen molar-refractivity contribution in [3.05, 3.63) is 50.2 Å². The van der Waals surface area contributed by atoms with Gasteiger partial charge in [0.1, 0.15) is 0 Å². The van der Waals surface area contributed by atoms with Crippen molar-refractivity contribution in [3.63, 3.8) is 0 Å². The number of aryl methyl sites for hydroxylation is 4. The number of carbonyl (C=O) groups is 1. The van der Waals surface area contributed by atoms with Crippen LogP contribution in [0.15, 0.2) is 10.9 Å². The lowest BCUT2D eigenvalue weighted by molar-refractivity contribution is -0.120. The van der Waals surface area contributed by atoms with Gasteiger partial charge in [0, 0.05) is 36.1 Å². The highest BCUT2D eigenvalue weighted by atomic mass is 16.1. The van der Waals surface area contributed by atoms with Gasteiger partial charge in [0.15, 0.2) is 0 Å². The largest absolute Gasteiger partial charge is 0.352 e. The van der Waals surface area contributed by atoms with Crippen LogP contribution in [0.3, 0.4) is 0 Å². The number of nitrogens with one attached hydrogen (secondary N) is 2. The van der Waals surface area contributed by atoms with Gasteiger partial charge in [0.2, 0.25) is 5.91 Å². The lowest BCUT2D eigenvalue weighted by atomic mass is 10.1. The normalized spacial score (nSPS) is 10.8. The number of amides is 1. The zero-order valence-corrected chi connectivity index (χ0v) is 13.7. The molecule has 0 radical (unpaired) electrons. The smallest absolute Gasteiger partial charge is 0.253 e. The minimum atomic E-state index is -0.147. The number of pyridine rings is 1. The van der Waals surface area contributed by atoms with Gasteiger partial charge in [-0.1, -0.05) is 0 Å². The molecule has 0 unspecified atom stereocenters. The van der Waals surface area contributed by atoms with Gasteiger partial charge in [-0.25, -0.2) is 0 Å². The van der Waals surface area contributed by atoms with E-state index in [1.807, 2.05) is 40.8 Å². The van der Waals surface area contributed by atoms with Crippen LogP contribution in [-0.4, -0.2) is 20.7 Å². The predicted molar refractivity (Wildman–Crippen MR) is 84.8 cm³/mol. The lowest BCUT2D eigenvalue weighted by Gasteiger charge is -2.08. The first kappa shape index (κ1) is 16.0. The SMILES string of the molecule is Cc1cc(C)c(CNC(=O)Cc2c(C)nn(C)c2C)c(=O)[nH]1. The molecular weight excluding hydrogens is 280 g/mol. The quantitative estimate of drug-likeness (QED) is 0.890. The number of aromatic amines is 1. The minimum Gasteiger partial charge on any atom is -0.352 e. The van der Waals surface area contributed by atoms with E-state index < -0.39 is 0 Å². The van der Waals surface area contributed by atoms with E-state index in [-0.39, 0.29) is 24.4 Å². The molecule has 0 aliphatic carbocycles. The summed E-state index contributed by atoms with van der Waals surface area (Å²) in [6, 6.07) is 1.90. The van der Waals surface area contributed by atoms with Crippen LogP contribution < -0.4 is 10.9 Å². The van der Waals surface area contributed by atoms with Crippen molar-refractivity contribution in [2.24, 2.45) is 7.05 Å². The Morgan fingerprint density at radius 3 is 2.50 bits per heavy atom. The summed E-state index contributed by atoms with van der Waals surface area (Å²) in [5.74, 6) is -0.112. The van der Waals surface area contributed by atoms with Gasteiger partial charge in [0.05, 0.1) is 12.1 Å². The van der Waals surface area contributed by atoms with E-state index in [0.29, 0.717) is 5.56 Å². The molecule has 1 amide bonds. The lowest BCUT2D eigenvalue weighted by Crippen LogP contribution is -2.29. The summed E-state index contributed by atoms with van der Waals surface area (Å²) in [5, 5.41) is 7.12. The fraction of sp³-hybridized carbons (Fsp3) is 0.438. The molecule has 0 bridgehead atoms. The van der Waals surface area contributed by atoms with E-state index in [0.717, 1.165) is 28.2 Å². The maximum atomic E-state index is 12.1. The Bertz CT molecular complexity index is 771. The van der Waals surface area contributed by atoms with Crippen molar-refractivity contribution in [1.29, 1.82) is 0 Å². The number of hydrogen-bond acceptors (Lipinski definition) is 3. The number of carbonyl (C=O) groups excluding carboxylic acids is 1. The average Bonchev–Trinajstić information content (AvgIpc) is 2.64. The molecule has 22 heavy (non-hydrogen) atoms. The highest BCUT2D eigenvalue weighted by Crippen LogP contribution is 2.12. The molecule has 2 rings (SSSR count). The van der Waals surface area contributed by atoms with E-state index in [1.54, 1.807) is 4.68 Å². The highest BCUT2D eigenvalue weighted by Gasteiger charge is 2.14. The molecule has 0 saturated heterocycles. The number of rotatable bonds is 4. The predicted octanol–water partition coefficient (Wildman–Crippen LogP) is 1.20. The summed E-state index contributed by atoms with van der Waals surface area (Å²) in [6.45, 7) is 7.78. The van der Waals surface area contributed by atoms with Crippen LogP contribution in [0.1, 0.15) is 33.8 Å². The van der Waals surface area contributed by atoms with E-state index in [4.69, 9.17) is 0 Å². The Morgan fingerprint density at radius 2 is 1.95 bits per heavy atom. The Balaban J connectivity index is 2.06. The highest BCUT2D eigenvalue weighted by molar-refractivity contribution is 5.79. The van der Waals surface area contributed by atoms with Gasteiger partial charge in [-0.2, -0.15) is 5.10 Å². The molecule has 2 heterocycles. The Morgan fingerprint density at radius 1 is 1.27 bits per heavy atom. The van der Waals surface area contributed by atoms with Crippen molar-refractivity contribution < 1.29 is 4.79 Å². The second-order valence-corrected chi connectivity index (χ2v) is 5.67. The summed E-state index contributed by atoms with van der Waals surface area (Å²) in [7, 11) is 1.86. The van der Waals surface area contributed by atoms with E-state index in [1.165, 1.54) is 0 Å². The monoisotopic (exact) mass is 302 g/mol. The molecule has 2 aromatic rings. The summed E-state index contributed by atoms with van der Waals surface area (Å²) in [4.78, 5) is 26.8. The van der Waals surface area contributed by atoms with Crippen LogP contribution in [0, 0.1) is 27.7 Å². The molecule has 0 fully saturated rings. The third kappa shape index (κ3) is 3.27. The van der Waals surface area contributed by atoms with Crippen LogP contribution in [0.5, 0.6) is 0 Å². The number of hydrogen-bond donors (Lipinski definition) is 2. The zero-order chi connectivity index (χ0) is 16.4. The standard InChI is InChI=1S/C16H22N4O2/c1-9-6-10(2)18-16(22)14(9)8-17-15(21)7-13-11(3)19-20(5)12(13)4/h6H,7-8H2,1-5H3,(H,17,21)(H,18,22). The Kier molecular flexibility index (Phi) is 4.49. The Hall–Kier alpha value is -2.37. The molecule has 0 atom stereocenters. The van der Waals surface area contributed by atoms with Crippen molar-refractivity contribution in [3.8, 4) is 0 Å². The van der Waals surface area contributed by atoms with Crippen molar-refractivity contribution >= 4 is 5.91 Å². The summed E-state index contributed by atoms with van der Waals surface area (Å²) in [5.41, 5.74) is 4.94. The molecule has 118 valence electrons. The van der Waals surface area contributed by atoms with Crippen LogP contribution in [0.25, 0.3) is 0 Å². The summed E-state index contributed by atoms with van der Waals surface area (Å²) in [6.07, 6.45) is 0.272. The molecular formula is C16H22N4O2. The first-order valence-electron chi connectivity index (χ1n) is 7.24. The van der Waals surface area contributed by atoms with Crippen LogP contribution in [0.4, 0.5) is 0 Å².